The molecule has 0 radical (unpaired) electrons. The molecule has 0 unspecified atom stereocenters. The van der Waals surface area contributed by atoms with Crippen molar-refractivity contribution in [3.63, 3.8) is 0 Å². The number of rotatable bonds is 1. The Morgan fingerprint density at radius 1 is 1.38 bits per heavy atom. The fraction of sp³-hybridized carbons (Fsp3) is 0.250. The molecular formula is C12H10F2O2. The summed E-state index contributed by atoms with van der Waals surface area (Å²) >= 11 is 0. The number of hydrogen-bond donors (Lipinski definition) is 0. The smallest absolute Gasteiger partial charge is 0.384 e. The van der Waals surface area contributed by atoms with Crippen molar-refractivity contribution in [1.82, 2.24) is 0 Å². The molecular weight excluding hydrogens is 214 g/mol. The maximum atomic E-state index is 13.3. The Bertz CT molecular complexity index is 470. The first kappa shape index (κ1) is 12.2. The fourth-order valence-corrected chi connectivity index (χ4v) is 1.03. The second kappa shape index (κ2) is 5.26. The first-order valence-corrected chi connectivity index (χ1v) is 4.69. The average Bonchev–Trinajstić information content (AvgIpc) is 2.25. The summed E-state index contributed by atoms with van der Waals surface area (Å²) in [6, 6.07) is 2.72. The minimum Gasteiger partial charge on any atom is -0.456 e. The molecule has 16 heavy (non-hydrogen) atoms. The summed E-state index contributed by atoms with van der Waals surface area (Å²) in [6.07, 6.45) is 0. The zero-order valence-electron chi connectivity index (χ0n) is 8.93. The predicted octanol–water partition coefficient (Wildman–Crippen LogP) is 2.19. The van der Waals surface area contributed by atoms with Gasteiger partial charge < -0.3 is 4.74 Å². The predicted molar refractivity (Wildman–Crippen MR) is 54.6 cm³/mol. The van der Waals surface area contributed by atoms with Crippen molar-refractivity contribution < 1.29 is 18.3 Å². The molecule has 84 valence electrons. The van der Waals surface area contributed by atoms with Gasteiger partial charge in [-0.15, -0.1) is 0 Å². The highest BCUT2D eigenvalue weighted by Crippen LogP contribution is 2.14. The standard InChI is InChI=1S/C12H10F2O2/c1-3-16-10(15)7-6-9-5-4-8(2)11(13)12(9)14/h4-5H,3H2,1-2H3. The van der Waals surface area contributed by atoms with E-state index < -0.39 is 17.6 Å². The van der Waals surface area contributed by atoms with Gasteiger partial charge in [-0.05, 0) is 25.5 Å². The number of carbonyl (C=O) groups is 1. The molecule has 1 rings (SSSR count). The summed E-state index contributed by atoms with van der Waals surface area (Å²) < 4.78 is 30.9. The Hall–Kier alpha value is -1.89. The maximum Gasteiger partial charge on any atom is 0.384 e. The average molecular weight is 224 g/mol. The third-order valence-electron chi connectivity index (χ3n) is 1.85. The highest BCUT2D eigenvalue weighted by Gasteiger charge is 2.09. The van der Waals surface area contributed by atoms with E-state index in [1.165, 1.54) is 19.1 Å². The van der Waals surface area contributed by atoms with E-state index in [-0.39, 0.29) is 17.7 Å². The summed E-state index contributed by atoms with van der Waals surface area (Å²) in [6.45, 7) is 3.27. The number of ether oxygens (including phenoxy) is 1. The van der Waals surface area contributed by atoms with Crippen LogP contribution >= 0.6 is 0 Å². The van der Waals surface area contributed by atoms with Gasteiger partial charge in [0.25, 0.3) is 0 Å². The molecule has 0 bridgehead atoms. The first-order valence-electron chi connectivity index (χ1n) is 4.69. The largest absolute Gasteiger partial charge is 0.456 e. The zero-order valence-corrected chi connectivity index (χ0v) is 8.93. The van der Waals surface area contributed by atoms with Crippen molar-refractivity contribution in [2.24, 2.45) is 0 Å². The van der Waals surface area contributed by atoms with E-state index in [1.54, 1.807) is 6.92 Å². The van der Waals surface area contributed by atoms with E-state index in [2.05, 4.69) is 16.6 Å². The highest BCUT2D eigenvalue weighted by atomic mass is 19.2. The van der Waals surface area contributed by atoms with Crippen molar-refractivity contribution in [3.8, 4) is 11.8 Å². The Morgan fingerprint density at radius 3 is 2.69 bits per heavy atom. The number of carbonyl (C=O) groups excluding carboxylic acids is 1. The van der Waals surface area contributed by atoms with Crippen LogP contribution in [0.3, 0.4) is 0 Å². The lowest BCUT2D eigenvalue weighted by Crippen LogP contribution is -2.00. The minimum absolute atomic E-state index is 0.156. The minimum atomic E-state index is -1.04. The van der Waals surface area contributed by atoms with Gasteiger partial charge in [-0.3, -0.25) is 0 Å². The topological polar surface area (TPSA) is 26.3 Å². The lowest BCUT2D eigenvalue weighted by Gasteiger charge is -1.99. The summed E-state index contributed by atoms with van der Waals surface area (Å²) in [5.74, 6) is 1.54. The first-order chi connectivity index (χ1) is 7.56. The monoisotopic (exact) mass is 224 g/mol. The SMILES string of the molecule is CCOC(=O)C#Cc1ccc(C)c(F)c1F. The number of hydrogen-bond acceptors (Lipinski definition) is 2. The normalized spacial score (nSPS) is 9.25. The van der Waals surface area contributed by atoms with Crippen LogP contribution < -0.4 is 0 Å². The van der Waals surface area contributed by atoms with Crippen LogP contribution in [0.2, 0.25) is 0 Å². The van der Waals surface area contributed by atoms with Gasteiger partial charge in [0.05, 0.1) is 12.2 Å². The molecule has 0 heterocycles. The third kappa shape index (κ3) is 2.80. The van der Waals surface area contributed by atoms with E-state index in [0.29, 0.717) is 0 Å². The van der Waals surface area contributed by atoms with Crippen molar-refractivity contribution in [3.05, 3.63) is 34.9 Å². The van der Waals surface area contributed by atoms with Crippen molar-refractivity contribution in [2.45, 2.75) is 13.8 Å². The Balaban J connectivity index is 2.98. The second-order valence-corrected chi connectivity index (χ2v) is 3.03. The Kier molecular flexibility index (Phi) is 4.01. The summed E-state index contributed by atoms with van der Waals surface area (Å²) in [5, 5.41) is 0. The number of aryl methyl sites for hydroxylation is 1. The van der Waals surface area contributed by atoms with Gasteiger partial charge in [0.15, 0.2) is 11.6 Å². The van der Waals surface area contributed by atoms with Crippen LogP contribution in [-0.2, 0) is 9.53 Å². The Morgan fingerprint density at radius 2 is 2.06 bits per heavy atom. The molecule has 0 aromatic heterocycles. The second-order valence-electron chi connectivity index (χ2n) is 3.03. The van der Waals surface area contributed by atoms with Gasteiger partial charge in [0.1, 0.15) is 0 Å². The lowest BCUT2D eigenvalue weighted by atomic mass is 10.1. The van der Waals surface area contributed by atoms with Crippen LogP contribution in [0.15, 0.2) is 12.1 Å². The van der Waals surface area contributed by atoms with E-state index in [4.69, 9.17) is 0 Å². The maximum absolute atomic E-state index is 13.3. The lowest BCUT2D eigenvalue weighted by molar-refractivity contribution is -0.136. The quantitative estimate of drug-likeness (QED) is 0.540. The van der Waals surface area contributed by atoms with Crippen molar-refractivity contribution in [2.75, 3.05) is 6.61 Å². The van der Waals surface area contributed by atoms with Gasteiger partial charge in [0, 0.05) is 5.92 Å². The third-order valence-corrected chi connectivity index (χ3v) is 1.85. The van der Waals surface area contributed by atoms with Crippen LogP contribution in [0.4, 0.5) is 8.78 Å². The molecule has 0 atom stereocenters. The molecule has 1 aromatic rings. The van der Waals surface area contributed by atoms with E-state index >= 15 is 0 Å². The van der Waals surface area contributed by atoms with E-state index in [9.17, 15) is 13.6 Å². The molecule has 2 nitrogen and oxygen atoms in total. The molecule has 0 aliphatic carbocycles. The summed E-state index contributed by atoms with van der Waals surface area (Å²) in [7, 11) is 0. The van der Waals surface area contributed by atoms with Gasteiger partial charge in [-0.1, -0.05) is 12.0 Å². The van der Waals surface area contributed by atoms with Crippen LogP contribution in [0.1, 0.15) is 18.1 Å². The molecule has 0 fully saturated rings. The molecule has 0 amide bonds. The van der Waals surface area contributed by atoms with Crippen LogP contribution in [0.25, 0.3) is 0 Å². The van der Waals surface area contributed by atoms with Crippen molar-refractivity contribution >= 4 is 5.97 Å². The Labute approximate surface area is 92.2 Å². The zero-order chi connectivity index (χ0) is 12.1. The van der Waals surface area contributed by atoms with Crippen LogP contribution in [0, 0.1) is 30.4 Å². The van der Waals surface area contributed by atoms with Gasteiger partial charge >= 0.3 is 5.97 Å². The van der Waals surface area contributed by atoms with Crippen LogP contribution in [0.5, 0.6) is 0 Å². The molecule has 1 aromatic carbocycles. The molecule has 0 aliphatic heterocycles. The van der Waals surface area contributed by atoms with Gasteiger partial charge in [-0.2, -0.15) is 0 Å². The molecule has 4 heteroatoms. The van der Waals surface area contributed by atoms with Gasteiger partial charge in [0.2, 0.25) is 0 Å². The van der Waals surface area contributed by atoms with Crippen molar-refractivity contribution in [1.29, 1.82) is 0 Å². The molecule has 0 saturated carbocycles. The molecule has 0 aliphatic rings. The number of halogens is 2. The van der Waals surface area contributed by atoms with Gasteiger partial charge in [-0.25, -0.2) is 13.6 Å². The van der Waals surface area contributed by atoms with E-state index in [0.717, 1.165) is 0 Å². The molecule has 0 N–H and O–H groups in total. The summed E-state index contributed by atoms with van der Waals surface area (Å²) in [4.78, 5) is 10.9. The summed E-state index contributed by atoms with van der Waals surface area (Å²) in [5.41, 5.74) is 0.0373. The number of esters is 1. The van der Waals surface area contributed by atoms with Crippen LogP contribution in [-0.4, -0.2) is 12.6 Å². The fourth-order valence-electron chi connectivity index (χ4n) is 1.03. The highest BCUT2D eigenvalue weighted by molar-refractivity contribution is 5.89. The number of benzene rings is 1. The van der Waals surface area contributed by atoms with E-state index in [1.807, 2.05) is 0 Å². The molecule has 0 spiro atoms. The molecule has 0 saturated heterocycles.